The second-order valence-corrected chi connectivity index (χ2v) is 5.56. The molecule has 2 aromatic rings. The molecule has 0 N–H and O–H groups in total. The highest BCUT2D eigenvalue weighted by atomic mass is 35.5. The number of hydrogen-bond acceptors (Lipinski definition) is 2. The molecule has 1 amide bonds. The summed E-state index contributed by atoms with van der Waals surface area (Å²) in [6.45, 7) is 4.76. The number of nitrogens with zero attached hydrogens (tertiary/aromatic N) is 3. The summed E-state index contributed by atoms with van der Waals surface area (Å²) in [5.74, 6) is 5.96. The van der Waals surface area contributed by atoms with E-state index in [0.717, 1.165) is 22.5 Å². The van der Waals surface area contributed by atoms with E-state index in [0.29, 0.717) is 24.5 Å². The molecule has 1 aromatic heterocycles. The van der Waals surface area contributed by atoms with E-state index in [1.165, 1.54) is 0 Å². The van der Waals surface area contributed by atoms with Gasteiger partial charge in [0.05, 0.1) is 17.9 Å². The van der Waals surface area contributed by atoms with Crippen molar-refractivity contribution in [2.45, 2.75) is 33.4 Å². The van der Waals surface area contributed by atoms with Gasteiger partial charge >= 0.3 is 0 Å². The van der Waals surface area contributed by atoms with Crippen molar-refractivity contribution in [2.24, 2.45) is 0 Å². The number of fused-ring (bicyclic) bond motifs is 3. The largest absolute Gasteiger partial charge is 0.307 e. The molecule has 3 rings (SSSR count). The normalized spacial score (nSPS) is 12.2. The zero-order valence-corrected chi connectivity index (χ0v) is 13.3. The maximum absolute atomic E-state index is 12.2. The predicted octanol–water partition coefficient (Wildman–Crippen LogP) is 3.48. The van der Waals surface area contributed by atoms with Crippen LogP contribution in [0.3, 0.4) is 0 Å². The van der Waals surface area contributed by atoms with Crippen LogP contribution in [-0.4, -0.2) is 15.7 Å². The van der Waals surface area contributed by atoms with Gasteiger partial charge in [-0.2, -0.15) is 5.10 Å². The molecule has 0 spiro atoms. The number of aromatic nitrogens is 2. The molecule has 4 nitrogen and oxygen atoms in total. The molecular weight excluding hydrogens is 298 g/mol. The van der Waals surface area contributed by atoms with E-state index in [1.807, 2.05) is 29.9 Å². The zero-order chi connectivity index (χ0) is 15.7. The van der Waals surface area contributed by atoms with Crippen LogP contribution in [0.5, 0.6) is 0 Å². The van der Waals surface area contributed by atoms with Gasteiger partial charge in [-0.05, 0) is 25.1 Å². The number of benzene rings is 1. The van der Waals surface area contributed by atoms with Gasteiger partial charge in [0, 0.05) is 28.8 Å². The lowest BCUT2D eigenvalue weighted by Gasteiger charge is -2.28. The van der Waals surface area contributed by atoms with Crippen LogP contribution in [0.2, 0.25) is 5.02 Å². The van der Waals surface area contributed by atoms with E-state index < -0.39 is 0 Å². The minimum Gasteiger partial charge on any atom is -0.307 e. The molecule has 0 saturated carbocycles. The standard InChI is InChI=1S/C17H16ClN3O/c1-3-5-8-20-10-12-11-21(16(22)4-2)15-7-6-13(18)9-14(15)17(12)19-20/h6-7,9-10H,4,8,11H2,1-2H3. The van der Waals surface area contributed by atoms with Crippen molar-refractivity contribution in [1.82, 2.24) is 9.78 Å². The Hall–Kier alpha value is -2.25. The Labute approximate surface area is 134 Å². The van der Waals surface area contributed by atoms with Gasteiger partial charge in [-0.3, -0.25) is 9.48 Å². The Kier molecular flexibility index (Phi) is 3.91. The van der Waals surface area contributed by atoms with Gasteiger partial charge < -0.3 is 4.90 Å². The first-order chi connectivity index (χ1) is 10.6. The lowest BCUT2D eigenvalue weighted by atomic mass is 10.00. The van der Waals surface area contributed by atoms with Crippen molar-refractivity contribution in [3.63, 3.8) is 0 Å². The molecule has 112 valence electrons. The minimum atomic E-state index is 0.0929. The quantitative estimate of drug-likeness (QED) is 0.796. The third-order valence-electron chi connectivity index (χ3n) is 3.69. The minimum absolute atomic E-state index is 0.0929. The van der Waals surface area contributed by atoms with E-state index in [2.05, 4.69) is 16.9 Å². The molecule has 0 atom stereocenters. The second-order valence-electron chi connectivity index (χ2n) is 5.12. The van der Waals surface area contributed by atoms with Crippen molar-refractivity contribution < 1.29 is 4.79 Å². The Morgan fingerprint density at radius 2 is 2.27 bits per heavy atom. The first kappa shape index (κ1) is 14.7. The summed E-state index contributed by atoms with van der Waals surface area (Å²) in [5, 5.41) is 5.25. The van der Waals surface area contributed by atoms with Crippen molar-refractivity contribution in [1.29, 1.82) is 0 Å². The average molecular weight is 314 g/mol. The second kappa shape index (κ2) is 5.86. The fourth-order valence-electron chi connectivity index (χ4n) is 2.65. The Morgan fingerprint density at radius 3 is 3.00 bits per heavy atom. The number of carbonyl (C=O) groups is 1. The molecular formula is C17H16ClN3O. The van der Waals surface area contributed by atoms with E-state index in [1.54, 1.807) is 17.9 Å². The highest BCUT2D eigenvalue weighted by Crippen LogP contribution is 2.39. The van der Waals surface area contributed by atoms with Gasteiger partial charge in [0.2, 0.25) is 5.91 Å². The Balaban J connectivity index is 2.12. The molecule has 1 aliphatic heterocycles. The number of halogens is 1. The summed E-state index contributed by atoms with van der Waals surface area (Å²) in [5.41, 5.74) is 3.68. The fourth-order valence-corrected chi connectivity index (χ4v) is 2.82. The monoisotopic (exact) mass is 313 g/mol. The van der Waals surface area contributed by atoms with Crippen LogP contribution in [0.4, 0.5) is 5.69 Å². The molecule has 1 aromatic carbocycles. The van der Waals surface area contributed by atoms with Gasteiger partial charge in [0.1, 0.15) is 6.54 Å². The maximum Gasteiger partial charge on any atom is 0.227 e. The SMILES string of the molecule is CC#CCn1cc2c(n1)-c1cc(Cl)ccc1N(C(=O)CC)C2. The topological polar surface area (TPSA) is 38.1 Å². The molecule has 22 heavy (non-hydrogen) atoms. The smallest absolute Gasteiger partial charge is 0.227 e. The van der Waals surface area contributed by atoms with Crippen LogP contribution in [0.25, 0.3) is 11.3 Å². The Morgan fingerprint density at radius 1 is 1.45 bits per heavy atom. The van der Waals surface area contributed by atoms with Crippen LogP contribution < -0.4 is 4.90 Å². The lowest BCUT2D eigenvalue weighted by molar-refractivity contribution is -0.118. The summed E-state index contributed by atoms with van der Waals surface area (Å²) in [4.78, 5) is 14.0. The zero-order valence-electron chi connectivity index (χ0n) is 12.6. The van der Waals surface area contributed by atoms with Crippen LogP contribution in [-0.2, 0) is 17.9 Å². The molecule has 5 heteroatoms. The van der Waals surface area contributed by atoms with Gasteiger partial charge in [-0.1, -0.05) is 24.4 Å². The van der Waals surface area contributed by atoms with Crippen molar-refractivity contribution in [3.05, 3.63) is 35.0 Å². The first-order valence-corrected chi connectivity index (χ1v) is 7.58. The Bertz CT molecular complexity index is 798. The number of anilines is 1. The number of amides is 1. The fraction of sp³-hybridized carbons (Fsp3) is 0.294. The van der Waals surface area contributed by atoms with Gasteiger partial charge in [0.25, 0.3) is 0 Å². The van der Waals surface area contributed by atoms with Crippen molar-refractivity contribution in [3.8, 4) is 23.1 Å². The third-order valence-corrected chi connectivity index (χ3v) is 3.93. The molecule has 0 unspecified atom stereocenters. The van der Waals surface area contributed by atoms with E-state index in [9.17, 15) is 4.79 Å². The molecule has 1 aliphatic rings. The number of rotatable bonds is 2. The van der Waals surface area contributed by atoms with Gasteiger partial charge in [-0.15, -0.1) is 5.92 Å². The van der Waals surface area contributed by atoms with Crippen LogP contribution >= 0.6 is 11.6 Å². The number of hydrogen-bond donors (Lipinski definition) is 0. The summed E-state index contributed by atoms with van der Waals surface area (Å²) in [7, 11) is 0. The first-order valence-electron chi connectivity index (χ1n) is 7.20. The van der Waals surface area contributed by atoms with Crippen LogP contribution in [0, 0.1) is 11.8 Å². The summed E-state index contributed by atoms with van der Waals surface area (Å²) >= 11 is 6.13. The van der Waals surface area contributed by atoms with E-state index in [-0.39, 0.29) is 5.91 Å². The van der Waals surface area contributed by atoms with Gasteiger partial charge in [-0.25, -0.2) is 0 Å². The van der Waals surface area contributed by atoms with Crippen LogP contribution in [0.1, 0.15) is 25.8 Å². The summed E-state index contributed by atoms with van der Waals surface area (Å²) in [6, 6.07) is 5.56. The van der Waals surface area contributed by atoms with E-state index in [4.69, 9.17) is 11.6 Å². The van der Waals surface area contributed by atoms with Gasteiger partial charge in [0.15, 0.2) is 0 Å². The van der Waals surface area contributed by atoms with Crippen molar-refractivity contribution >= 4 is 23.2 Å². The predicted molar refractivity (Wildman–Crippen MR) is 87.6 cm³/mol. The average Bonchev–Trinajstić information content (AvgIpc) is 2.94. The number of carbonyl (C=O) groups excluding carboxylic acids is 1. The molecule has 2 heterocycles. The van der Waals surface area contributed by atoms with E-state index >= 15 is 0 Å². The molecule has 0 fully saturated rings. The molecule has 0 radical (unpaired) electrons. The summed E-state index contributed by atoms with van der Waals surface area (Å²) < 4.78 is 1.81. The highest BCUT2D eigenvalue weighted by Gasteiger charge is 2.28. The van der Waals surface area contributed by atoms with Crippen LogP contribution in [0.15, 0.2) is 24.4 Å². The molecule has 0 saturated heterocycles. The molecule has 0 bridgehead atoms. The maximum atomic E-state index is 12.2. The highest BCUT2D eigenvalue weighted by molar-refractivity contribution is 6.31. The lowest BCUT2D eigenvalue weighted by Crippen LogP contribution is -2.32. The molecule has 0 aliphatic carbocycles. The summed E-state index contributed by atoms with van der Waals surface area (Å²) in [6.07, 6.45) is 2.42. The third kappa shape index (κ3) is 2.49. The van der Waals surface area contributed by atoms with Crippen molar-refractivity contribution in [2.75, 3.05) is 4.90 Å².